The Hall–Kier alpha value is -3.29. The lowest BCUT2D eigenvalue weighted by molar-refractivity contribution is -0.274. The van der Waals surface area contributed by atoms with Crippen LogP contribution in [-0.4, -0.2) is 30.2 Å². The van der Waals surface area contributed by atoms with Crippen molar-refractivity contribution in [1.29, 1.82) is 0 Å². The molecule has 0 aliphatic carbocycles. The smallest absolute Gasteiger partial charge is 0.406 e. The summed E-state index contributed by atoms with van der Waals surface area (Å²) in [5, 5.41) is 2.21. The molecule has 0 unspecified atom stereocenters. The molecule has 4 aromatic rings. The average molecular weight is 486 g/mol. The van der Waals surface area contributed by atoms with Gasteiger partial charge in [-0.05, 0) is 59.1 Å². The molecule has 4 nitrogen and oxygen atoms in total. The number of rotatable bonds is 5. The maximum absolute atomic E-state index is 12.8. The molecule has 0 amide bonds. The molecular weight excluding hydrogens is 463 g/mol. The molecule has 0 saturated carbocycles. The molecule has 1 aromatic heterocycles. The minimum Gasteiger partial charge on any atom is -0.406 e. The van der Waals surface area contributed by atoms with Gasteiger partial charge in [0.05, 0.1) is 24.0 Å². The van der Waals surface area contributed by atoms with Gasteiger partial charge in [0, 0.05) is 11.8 Å². The van der Waals surface area contributed by atoms with Crippen molar-refractivity contribution in [2.45, 2.75) is 18.8 Å². The van der Waals surface area contributed by atoms with Crippen molar-refractivity contribution in [1.82, 2.24) is 4.57 Å². The highest BCUT2D eigenvalue weighted by molar-refractivity contribution is 5.94. The molecule has 5 rings (SSSR count). The SMILES string of the molecule is Cl.NCC[C@H]1CN=Cc2cc(-c3cccc(OC(F)(F)F)c3)c(-c3ccc4ccccc4c3)n21. The van der Waals surface area contributed by atoms with Gasteiger partial charge in [-0.2, -0.15) is 0 Å². The number of benzene rings is 3. The summed E-state index contributed by atoms with van der Waals surface area (Å²) in [4.78, 5) is 4.50. The van der Waals surface area contributed by atoms with Crippen molar-refractivity contribution < 1.29 is 17.9 Å². The van der Waals surface area contributed by atoms with Crippen molar-refractivity contribution in [3.63, 3.8) is 0 Å². The van der Waals surface area contributed by atoms with Crippen LogP contribution in [0.3, 0.4) is 0 Å². The van der Waals surface area contributed by atoms with Gasteiger partial charge in [0.15, 0.2) is 0 Å². The van der Waals surface area contributed by atoms with Crippen LogP contribution in [0.15, 0.2) is 77.8 Å². The van der Waals surface area contributed by atoms with Crippen LogP contribution in [0.25, 0.3) is 33.2 Å². The van der Waals surface area contributed by atoms with E-state index < -0.39 is 6.36 Å². The monoisotopic (exact) mass is 485 g/mol. The molecule has 0 fully saturated rings. The fourth-order valence-corrected chi connectivity index (χ4v) is 4.51. The largest absolute Gasteiger partial charge is 0.573 e. The third-order valence-corrected chi connectivity index (χ3v) is 5.87. The van der Waals surface area contributed by atoms with Crippen LogP contribution in [0.4, 0.5) is 13.2 Å². The standard InChI is InChI=1S/C26H22F3N3O.ClH/c27-26(28,29)33-23-7-3-6-19(13-23)24-14-22-16-31-15-21(10-11-30)32(22)25(24)20-9-8-17-4-1-2-5-18(17)12-20;/h1-9,12-14,16,21H,10-11,15,30H2;1H/t21-;/m0./s1. The Morgan fingerprint density at radius 3 is 2.50 bits per heavy atom. The maximum Gasteiger partial charge on any atom is 0.573 e. The summed E-state index contributed by atoms with van der Waals surface area (Å²) in [6.07, 6.45) is -2.19. The van der Waals surface area contributed by atoms with Crippen molar-refractivity contribution in [2.24, 2.45) is 10.7 Å². The molecule has 34 heavy (non-hydrogen) atoms. The lowest BCUT2D eigenvalue weighted by atomic mass is 9.98. The van der Waals surface area contributed by atoms with E-state index in [-0.39, 0.29) is 24.2 Å². The topological polar surface area (TPSA) is 52.5 Å². The first-order valence-electron chi connectivity index (χ1n) is 10.7. The molecule has 3 aromatic carbocycles. The molecule has 0 bridgehead atoms. The minimum atomic E-state index is -4.75. The Balaban J connectivity index is 0.00000274. The van der Waals surface area contributed by atoms with Crippen molar-refractivity contribution in [3.05, 3.63) is 78.5 Å². The predicted molar refractivity (Wildman–Crippen MR) is 132 cm³/mol. The first-order valence-corrected chi connectivity index (χ1v) is 10.7. The highest BCUT2D eigenvalue weighted by Gasteiger charge is 2.31. The first-order chi connectivity index (χ1) is 15.9. The zero-order chi connectivity index (χ0) is 23.0. The fraction of sp³-hybridized carbons (Fsp3) is 0.192. The molecule has 2 N–H and O–H groups in total. The van der Waals surface area contributed by atoms with Gasteiger partial charge in [0.2, 0.25) is 0 Å². The Morgan fingerprint density at radius 1 is 0.941 bits per heavy atom. The summed E-state index contributed by atoms with van der Waals surface area (Å²) in [5.41, 5.74) is 10.2. The number of hydrogen-bond acceptors (Lipinski definition) is 3. The van der Waals surface area contributed by atoms with Gasteiger partial charge in [0.25, 0.3) is 0 Å². The number of fused-ring (bicyclic) bond motifs is 2. The third kappa shape index (κ3) is 4.67. The van der Waals surface area contributed by atoms with E-state index >= 15 is 0 Å². The molecule has 176 valence electrons. The van der Waals surface area contributed by atoms with Gasteiger partial charge in [0.1, 0.15) is 5.75 Å². The summed E-state index contributed by atoms with van der Waals surface area (Å²) in [6, 6.07) is 22.5. The van der Waals surface area contributed by atoms with Gasteiger partial charge in [-0.25, -0.2) is 0 Å². The maximum atomic E-state index is 12.8. The van der Waals surface area contributed by atoms with Crippen LogP contribution >= 0.6 is 12.4 Å². The van der Waals surface area contributed by atoms with Crippen LogP contribution in [-0.2, 0) is 0 Å². The molecular formula is C26H23ClF3N3O. The number of alkyl halides is 3. The minimum absolute atomic E-state index is 0. The molecule has 0 saturated heterocycles. The molecule has 1 aliphatic heterocycles. The van der Waals surface area contributed by atoms with E-state index in [4.69, 9.17) is 5.73 Å². The lowest BCUT2D eigenvalue weighted by Crippen LogP contribution is -2.22. The van der Waals surface area contributed by atoms with Crippen molar-refractivity contribution in [2.75, 3.05) is 13.1 Å². The number of aliphatic imine (C=N–C) groups is 1. The van der Waals surface area contributed by atoms with E-state index in [0.717, 1.165) is 39.7 Å². The molecule has 0 radical (unpaired) electrons. The highest BCUT2D eigenvalue weighted by atomic mass is 35.5. The Morgan fingerprint density at radius 2 is 1.74 bits per heavy atom. The van der Waals surface area contributed by atoms with Crippen LogP contribution in [0.1, 0.15) is 18.2 Å². The summed E-state index contributed by atoms with van der Waals surface area (Å²) in [6.45, 7) is 1.12. The summed E-state index contributed by atoms with van der Waals surface area (Å²) >= 11 is 0. The van der Waals surface area contributed by atoms with E-state index in [0.29, 0.717) is 18.7 Å². The summed E-state index contributed by atoms with van der Waals surface area (Å²) in [5.74, 6) is -0.249. The van der Waals surface area contributed by atoms with Gasteiger partial charge in [-0.15, -0.1) is 25.6 Å². The fourth-order valence-electron chi connectivity index (χ4n) is 4.51. The predicted octanol–water partition coefficient (Wildman–Crippen LogP) is 6.62. The number of ether oxygens (including phenoxy) is 1. The zero-order valence-corrected chi connectivity index (χ0v) is 18.9. The lowest BCUT2D eigenvalue weighted by Gasteiger charge is -2.25. The van der Waals surface area contributed by atoms with E-state index in [1.165, 1.54) is 12.1 Å². The molecule has 1 atom stereocenters. The van der Waals surface area contributed by atoms with E-state index in [9.17, 15) is 13.2 Å². The molecule has 2 heterocycles. The second-order valence-corrected chi connectivity index (χ2v) is 8.06. The van der Waals surface area contributed by atoms with E-state index in [2.05, 4.69) is 44.6 Å². The average Bonchev–Trinajstić information content (AvgIpc) is 3.19. The third-order valence-electron chi connectivity index (χ3n) is 5.87. The van der Waals surface area contributed by atoms with Gasteiger partial charge in [-0.3, -0.25) is 4.99 Å². The number of nitrogens with two attached hydrogens (primary N) is 1. The van der Waals surface area contributed by atoms with Crippen LogP contribution < -0.4 is 10.5 Å². The van der Waals surface area contributed by atoms with Gasteiger partial charge in [-0.1, -0.05) is 48.5 Å². The van der Waals surface area contributed by atoms with Gasteiger partial charge < -0.3 is 15.0 Å². The molecule has 0 spiro atoms. The van der Waals surface area contributed by atoms with Crippen LogP contribution in [0.2, 0.25) is 0 Å². The van der Waals surface area contributed by atoms with Gasteiger partial charge >= 0.3 is 6.36 Å². The molecule has 1 aliphatic rings. The Labute approximate surface area is 201 Å². The van der Waals surface area contributed by atoms with Crippen LogP contribution in [0.5, 0.6) is 5.75 Å². The van der Waals surface area contributed by atoms with Crippen molar-refractivity contribution >= 4 is 29.4 Å². The first kappa shape index (κ1) is 23.9. The number of halogens is 4. The second-order valence-electron chi connectivity index (χ2n) is 8.06. The molecule has 8 heteroatoms. The number of nitrogens with zero attached hydrogens (tertiary/aromatic N) is 2. The normalized spacial score (nSPS) is 15.1. The number of aromatic nitrogens is 1. The Bertz CT molecular complexity index is 1350. The van der Waals surface area contributed by atoms with E-state index in [1.54, 1.807) is 12.1 Å². The van der Waals surface area contributed by atoms with Crippen molar-refractivity contribution in [3.8, 4) is 28.1 Å². The quantitative estimate of drug-likeness (QED) is 0.345. The number of hydrogen-bond donors (Lipinski definition) is 1. The Kier molecular flexibility index (Phi) is 6.68. The van der Waals surface area contributed by atoms with Crippen LogP contribution in [0, 0.1) is 0 Å². The van der Waals surface area contributed by atoms with E-state index in [1.807, 2.05) is 24.4 Å². The second kappa shape index (κ2) is 9.52. The summed E-state index contributed by atoms with van der Waals surface area (Å²) < 4.78 is 44.9. The zero-order valence-electron chi connectivity index (χ0n) is 18.1. The highest BCUT2D eigenvalue weighted by Crippen LogP contribution is 2.41. The summed E-state index contributed by atoms with van der Waals surface area (Å²) in [7, 11) is 0.